The van der Waals surface area contributed by atoms with Gasteiger partial charge in [-0.15, -0.1) is 0 Å². The summed E-state index contributed by atoms with van der Waals surface area (Å²) in [6.07, 6.45) is 3.99. The van der Waals surface area contributed by atoms with Crippen LogP contribution in [-0.4, -0.2) is 24.5 Å². The summed E-state index contributed by atoms with van der Waals surface area (Å²) in [4.78, 5) is 12.6. The summed E-state index contributed by atoms with van der Waals surface area (Å²) in [5.74, 6) is 0.751. The predicted molar refractivity (Wildman–Crippen MR) is 41.7 cm³/mol. The molecule has 0 unspecified atom stereocenters. The number of hydrogen-bond acceptors (Lipinski definition) is 2. The molecule has 62 valence electrons. The van der Waals surface area contributed by atoms with E-state index in [0.717, 1.165) is 19.4 Å². The van der Waals surface area contributed by atoms with Crippen LogP contribution in [0.1, 0.15) is 19.8 Å². The third kappa shape index (κ3) is 1.73. The first kappa shape index (κ1) is 8.11. The standard InChI is InChI=1S/C8H13NO2/c1-7(10)9-6-4-3-5-8(9)11-2/h5H,3-4,6H2,1-2H3. The van der Waals surface area contributed by atoms with Gasteiger partial charge in [-0.1, -0.05) is 0 Å². The van der Waals surface area contributed by atoms with Crippen LogP contribution in [0.3, 0.4) is 0 Å². The van der Waals surface area contributed by atoms with Crippen molar-refractivity contribution in [2.75, 3.05) is 13.7 Å². The monoisotopic (exact) mass is 155 g/mol. The Morgan fingerprint density at radius 3 is 2.91 bits per heavy atom. The van der Waals surface area contributed by atoms with Gasteiger partial charge in [0.05, 0.1) is 7.11 Å². The summed E-state index contributed by atoms with van der Waals surface area (Å²) in [6.45, 7) is 2.34. The van der Waals surface area contributed by atoms with Crippen molar-refractivity contribution in [2.24, 2.45) is 0 Å². The van der Waals surface area contributed by atoms with Gasteiger partial charge in [-0.2, -0.15) is 0 Å². The number of methoxy groups -OCH3 is 1. The maximum absolute atomic E-state index is 11.0. The van der Waals surface area contributed by atoms with Gasteiger partial charge in [-0.3, -0.25) is 9.69 Å². The lowest BCUT2D eigenvalue weighted by Crippen LogP contribution is -2.31. The lowest BCUT2D eigenvalue weighted by molar-refractivity contribution is -0.129. The number of ether oxygens (including phenoxy) is 1. The Bertz CT molecular complexity index is 187. The van der Waals surface area contributed by atoms with Gasteiger partial charge in [0, 0.05) is 13.5 Å². The molecule has 0 aromatic heterocycles. The zero-order valence-electron chi connectivity index (χ0n) is 6.96. The lowest BCUT2D eigenvalue weighted by Gasteiger charge is -2.25. The number of carbonyl (C=O) groups excluding carboxylic acids is 1. The van der Waals surface area contributed by atoms with Crippen LogP contribution in [-0.2, 0) is 9.53 Å². The fraction of sp³-hybridized carbons (Fsp3) is 0.625. The van der Waals surface area contributed by atoms with E-state index in [9.17, 15) is 4.79 Å². The van der Waals surface area contributed by atoms with E-state index in [1.807, 2.05) is 6.08 Å². The van der Waals surface area contributed by atoms with Crippen molar-refractivity contribution in [2.45, 2.75) is 19.8 Å². The largest absolute Gasteiger partial charge is 0.482 e. The van der Waals surface area contributed by atoms with Gasteiger partial charge in [-0.05, 0) is 18.9 Å². The Morgan fingerprint density at radius 1 is 1.73 bits per heavy atom. The molecular formula is C8H13NO2. The molecule has 0 aliphatic carbocycles. The van der Waals surface area contributed by atoms with Gasteiger partial charge < -0.3 is 4.74 Å². The van der Waals surface area contributed by atoms with Gasteiger partial charge in [0.15, 0.2) is 5.88 Å². The van der Waals surface area contributed by atoms with E-state index in [0.29, 0.717) is 5.88 Å². The topological polar surface area (TPSA) is 29.5 Å². The number of carbonyl (C=O) groups is 1. The van der Waals surface area contributed by atoms with E-state index >= 15 is 0 Å². The highest BCUT2D eigenvalue weighted by Gasteiger charge is 2.16. The molecule has 0 saturated heterocycles. The molecule has 0 radical (unpaired) electrons. The van der Waals surface area contributed by atoms with Crippen LogP contribution in [0.2, 0.25) is 0 Å². The molecule has 0 saturated carbocycles. The minimum absolute atomic E-state index is 0.0535. The number of amides is 1. The van der Waals surface area contributed by atoms with Crippen molar-refractivity contribution in [3.8, 4) is 0 Å². The zero-order valence-corrected chi connectivity index (χ0v) is 6.96. The van der Waals surface area contributed by atoms with E-state index in [-0.39, 0.29) is 5.91 Å². The van der Waals surface area contributed by atoms with Gasteiger partial charge in [0.1, 0.15) is 0 Å². The van der Waals surface area contributed by atoms with Crippen LogP contribution >= 0.6 is 0 Å². The first-order valence-corrected chi connectivity index (χ1v) is 3.78. The van der Waals surface area contributed by atoms with E-state index in [2.05, 4.69) is 0 Å². The van der Waals surface area contributed by atoms with E-state index in [1.165, 1.54) is 0 Å². The molecule has 0 bridgehead atoms. The SMILES string of the molecule is COC1=CCCCN1C(C)=O. The molecule has 3 nitrogen and oxygen atoms in total. The Balaban J connectivity index is 2.69. The number of rotatable bonds is 1. The summed E-state index contributed by atoms with van der Waals surface area (Å²) in [5, 5.41) is 0. The first-order chi connectivity index (χ1) is 5.25. The highest BCUT2D eigenvalue weighted by molar-refractivity contribution is 5.75. The highest BCUT2D eigenvalue weighted by Crippen LogP contribution is 2.14. The smallest absolute Gasteiger partial charge is 0.226 e. The van der Waals surface area contributed by atoms with Gasteiger partial charge >= 0.3 is 0 Å². The molecule has 1 aliphatic heterocycles. The minimum Gasteiger partial charge on any atom is -0.482 e. The molecule has 0 fully saturated rings. The Labute approximate surface area is 66.6 Å². The molecule has 3 heteroatoms. The van der Waals surface area contributed by atoms with Crippen molar-refractivity contribution in [3.05, 3.63) is 12.0 Å². The van der Waals surface area contributed by atoms with Gasteiger partial charge in [-0.25, -0.2) is 0 Å². The lowest BCUT2D eigenvalue weighted by atomic mass is 10.2. The Hall–Kier alpha value is -0.990. The Kier molecular flexibility index (Phi) is 2.52. The van der Waals surface area contributed by atoms with Crippen LogP contribution in [0, 0.1) is 0 Å². The van der Waals surface area contributed by atoms with Crippen molar-refractivity contribution in [1.82, 2.24) is 4.90 Å². The average molecular weight is 155 g/mol. The third-order valence-electron chi connectivity index (χ3n) is 1.76. The molecule has 0 spiro atoms. The molecule has 11 heavy (non-hydrogen) atoms. The molecule has 1 aliphatic rings. The fourth-order valence-electron chi connectivity index (χ4n) is 1.20. The fourth-order valence-corrected chi connectivity index (χ4v) is 1.20. The molecule has 1 heterocycles. The first-order valence-electron chi connectivity index (χ1n) is 3.78. The molecule has 0 aromatic rings. The molecule has 1 amide bonds. The minimum atomic E-state index is 0.0535. The molecule has 0 N–H and O–H groups in total. The van der Waals surface area contributed by atoms with Crippen LogP contribution in [0.4, 0.5) is 0 Å². The Morgan fingerprint density at radius 2 is 2.45 bits per heavy atom. The second kappa shape index (κ2) is 3.42. The van der Waals surface area contributed by atoms with Crippen molar-refractivity contribution >= 4 is 5.91 Å². The average Bonchev–Trinajstić information content (AvgIpc) is 2.04. The van der Waals surface area contributed by atoms with Crippen LogP contribution in [0.15, 0.2) is 12.0 Å². The number of hydrogen-bond donors (Lipinski definition) is 0. The van der Waals surface area contributed by atoms with Crippen molar-refractivity contribution < 1.29 is 9.53 Å². The van der Waals surface area contributed by atoms with Crippen molar-refractivity contribution in [1.29, 1.82) is 0 Å². The van der Waals surface area contributed by atoms with Crippen molar-refractivity contribution in [3.63, 3.8) is 0 Å². The van der Waals surface area contributed by atoms with Crippen LogP contribution in [0.5, 0.6) is 0 Å². The third-order valence-corrected chi connectivity index (χ3v) is 1.76. The summed E-state index contributed by atoms with van der Waals surface area (Å²) in [7, 11) is 1.59. The number of allylic oxidation sites excluding steroid dienone is 1. The second-order valence-corrected chi connectivity index (χ2v) is 2.56. The highest BCUT2D eigenvalue weighted by atomic mass is 16.5. The summed E-state index contributed by atoms with van der Waals surface area (Å²) in [6, 6.07) is 0. The molecule has 0 aromatic carbocycles. The van der Waals surface area contributed by atoms with Crippen LogP contribution < -0.4 is 0 Å². The van der Waals surface area contributed by atoms with E-state index in [4.69, 9.17) is 4.74 Å². The number of nitrogens with zero attached hydrogens (tertiary/aromatic N) is 1. The van der Waals surface area contributed by atoms with Crippen LogP contribution in [0.25, 0.3) is 0 Å². The van der Waals surface area contributed by atoms with E-state index < -0.39 is 0 Å². The quantitative estimate of drug-likeness (QED) is 0.567. The normalized spacial score (nSPS) is 17.6. The summed E-state index contributed by atoms with van der Waals surface area (Å²) < 4.78 is 5.03. The zero-order chi connectivity index (χ0) is 8.27. The molecular weight excluding hydrogens is 142 g/mol. The summed E-state index contributed by atoms with van der Waals surface area (Å²) >= 11 is 0. The summed E-state index contributed by atoms with van der Waals surface area (Å²) in [5.41, 5.74) is 0. The molecule has 0 atom stereocenters. The maximum Gasteiger partial charge on any atom is 0.226 e. The van der Waals surface area contributed by atoms with E-state index in [1.54, 1.807) is 18.9 Å². The van der Waals surface area contributed by atoms with Gasteiger partial charge in [0.25, 0.3) is 0 Å². The van der Waals surface area contributed by atoms with Gasteiger partial charge in [0.2, 0.25) is 5.91 Å². The predicted octanol–water partition coefficient (Wildman–Crippen LogP) is 1.12. The molecule has 1 rings (SSSR count). The maximum atomic E-state index is 11.0. The second-order valence-electron chi connectivity index (χ2n) is 2.56.